The lowest BCUT2D eigenvalue weighted by atomic mass is 9.70. The molecule has 4 aliphatic rings. The Balaban J connectivity index is 1.22. The first kappa shape index (κ1) is 21.7. The van der Waals surface area contributed by atoms with Gasteiger partial charge in [0.2, 0.25) is 5.91 Å². The van der Waals surface area contributed by atoms with Gasteiger partial charge in [-0.05, 0) is 57.1 Å². The van der Waals surface area contributed by atoms with Crippen molar-refractivity contribution in [3.05, 3.63) is 29.8 Å². The molecule has 1 spiro atoms. The molecule has 6 heteroatoms. The molecule has 6 nitrogen and oxygen atoms in total. The highest BCUT2D eigenvalue weighted by molar-refractivity contribution is 6.08. The molecule has 3 fully saturated rings. The van der Waals surface area contributed by atoms with Gasteiger partial charge >= 0.3 is 6.09 Å². The molecule has 1 aromatic rings. The van der Waals surface area contributed by atoms with Crippen molar-refractivity contribution in [3.8, 4) is 0 Å². The molecule has 0 N–H and O–H groups in total. The number of anilines is 1. The molecule has 32 heavy (non-hydrogen) atoms. The summed E-state index contributed by atoms with van der Waals surface area (Å²) in [5.41, 5.74) is 2.21. The van der Waals surface area contributed by atoms with Gasteiger partial charge in [0, 0.05) is 44.0 Å². The number of ether oxygens (including phenoxy) is 1. The van der Waals surface area contributed by atoms with Gasteiger partial charge in [0.1, 0.15) is 0 Å². The van der Waals surface area contributed by atoms with Crippen LogP contribution in [0.3, 0.4) is 0 Å². The third-order valence-electron chi connectivity index (χ3n) is 8.39. The van der Waals surface area contributed by atoms with Gasteiger partial charge in [0.05, 0.1) is 12.0 Å². The summed E-state index contributed by atoms with van der Waals surface area (Å²) < 4.78 is 5.16. The number of piperidine rings is 2. The molecule has 0 aromatic heterocycles. The fourth-order valence-electron chi connectivity index (χ4n) is 6.68. The minimum absolute atomic E-state index is 0.174. The number of carbonyl (C=O) groups excluding carboxylic acids is 2. The molecule has 1 aromatic carbocycles. The highest BCUT2D eigenvalue weighted by Crippen LogP contribution is 2.51. The summed E-state index contributed by atoms with van der Waals surface area (Å²) >= 11 is 0. The van der Waals surface area contributed by atoms with Crippen LogP contribution in [0.1, 0.15) is 70.3 Å². The first-order chi connectivity index (χ1) is 15.6. The van der Waals surface area contributed by atoms with Gasteiger partial charge in [0.25, 0.3) is 0 Å². The SMILES string of the molecule is CCOC(=O)N1CCC(N2CCC(N3C(=O)C4(CCCCC4)c4ccccc43)CC2)CC1. The number of hydrogen-bond donors (Lipinski definition) is 0. The summed E-state index contributed by atoms with van der Waals surface area (Å²) in [6.45, 7) is 5.93. The highest BCUT2D eigenvalue weighted by atomic mass is 16.6. The number of amides is 2. The maximum atomic E-state index is 13.8. The molecular weight excluding hydrogens is 402 g/mol. The number of carbonyl (C=O) groups is 2. The average molecular weight is 440 g/mol. The topological polar surface area (TPSA) is 53.1 Å². The lowest BCUT2D eigenvalue weighted by Crippen LogP contribution is -2.53. The average Bonchev–Trinajstić information content (AvgIpc) is 3.08. The number of rotatable bonds is 3. The maximum absolute atomic E-state index is 13.8. The molecule has 5 rings (SSSR count). The molecule has 3 aliphatic heterocycles. The van der Waals surface area contributed by atoms with E-state index in [9.17, 15) is 9.59 Å². The number of nitrogens with zero attached hydrogens (tertiary/aromatic N) is 3. The third-order valence-corrected chi connectivity index (χ3v) is 8.39. The minimum Gasteiger partial charge on any atom is -0.450 e. The smallest absolute Gasteiger partial charge is 0.409 e. The van der Waals surface area contributed by atoms with E-state index in [1.807, 2.05) is 11.8 Å². The van der Waals surface area contributed by atoms with Gasteiger partial charge in [-0.3, -0.25) is 4.79 Å². The van der Waals surface area contributed by atoms with E-state index in [-0.39, 0.29) is 11.5 Å². The van der Waals surface area contributed by atoms with Gasteiger partial charge in [-0.15, -0.1) is 0 Å². The predicted octanol–water partition coefficient (Wildman–Crippen LogP) is 4.32. The Bertz CT molecular complexity index is 834. The van der Waals surface area contributed by atoms with Crippen molar-refractivity contribution in [2.75, 3.05) is 37.7 Å². The van der Waals surface area contributed by atoms with E-state index in [1.165, 1.54) is 17.7 Å². The Morgan fingerprint density at radius 1 is 0.969 bits per heavy atom. The van der Waals surface area contributed by atoms with Gasteiger partial charge < -0.3 is 19.4 Å². The van der Waals surface area contributed by atoms with Crippen molar-refractivity contribution in [2.45, 2.75) is 82.2 Å². The summed E-state index contributed by atoms with van der Waals surface area (Å²) in [5.74, 6) is 0.375. The van der Waals surface area contributed by atoms with Crippen molar-refractivity contribution >= 4 is 17.7 Å². The van der Waals surface area contributed by atoms with Gasteiger partial charge in [-0.25, -0.2) is 4.79 Å². The van der Waals surface area contributed by atoms with Crippen molar-refractivity contribution < 1.29 is 14.3 Å². The van der Waals surface area contributed by atoms with Crippen LogP contribution in [0.15, 0.2) is 24.3 Å². The van der Waals surface area contributed by atoms with Gasteiger partial charge in [0.15, 0.2) is 0 Å². The lowest BCUT2D eigenvalue weighted by Gasteiger charge is -2.43. The van der Waals surface area contributed by atoms with Gasteiger partial charge in [-0.1, -0.05) is 37.5 Å². The maximum Gasteiger partial charge on any atom is 0.409 e. The molecular formula is C26H37N3O3. The van der Waals surface area contributed by atoms with Crippen LogP contribution in [-0.4, -0.2) is 66.7 Å². The summed E-state index contributed by atoms with van der Waals surface area (Å²) in [7, 11) is 0. The zero-order valence-electron chi connectivity index (χ0n) is 19.4. The van der Waals surface area contributed by atoms with Crippen LogP contribution in [-0.2, 0) is 14.9 Å². The van der Waals surface area contributed by atoms with Crippen molar-refractivity contribution in [2.24, 2.45) is 0 Å². The van der Waals surface area contributed by atoms with Crippen LogP contribution in [0.4, 0.5) is 10.5 Å². The molecule has 0 atom stereocenters. The van der Waals surface area contributed by atoms with E-state index in [0.29, 0.717) is 24.6 Å². The van der Waals surface area contributed by atoms with Crippen molar-refractivity contribution in [1.29, 1.82) is 0 Å². The quantitative estimate of drug-likeness (QED) is 0.704. The van der Waals surface area contributed by atoms with E-state index < -0.39 is 0 Å². The molecule has 174 valence electrons. The van der Waals surface area contributed by atoms with Crippen molar-refractivity contribution in [3.63, 3.8) is 0 Å². The first-order valence-corrected chi connectivity index (χ1v) is 12.7. The molecule has 1 aliphatic carbocycles. The summed E-state index contributed by atoms with van der Waals surface area (Å²) in [4.78, 5) is 32.5. The minimum atomic E-state index is -0.258. The molecule has 2 amide bonds. The van der Waals surface area contributed by atoms with E-state index in [2.05, 4.69) is 34.1 Å². The van der Waals surface area contributed by atoms with E-state index in [4.69, 9.17) is 4.74 Å². The highest BCUT2D eigenvalue weighted by Gasteiger charge is 2.52. The summed E-state index contributed by atoms with van der Waals surface area (Å²) in [6, 6.07) is 9.43. The first-order valence-electron chi connectivity index (χ1n) is 12.7. The number of hydrogen-bond acceptors (Lipinski definition) is 4. The van der Waals surface area contributed by atoms with E-state index >= 15 is 0 Å². The Morgan fingerprint density at radius 3 is 2.31 bits per heavy atom. The predicted molar refractivity (Wildman–Crippen MR) is 125 cm³/mol. The molecule has 0 bridgehead atoms. The van der Waals surface area contributed by atoms with Crippen LogP contribution in [0.2, 0.25) is 0 Å². The number of benzene rings is 1. The summed E-state index contributed by atoms with van der Waals surface area (Å²) in [5, 5.41) is 0. The normalized spacial score (nSPS) is 24.7. The van der Waals surface area contributed by atoms with Crippen LogP contribution in [0.25, 0.3) is 0 Å². The van der Waals surface area contributed by atoms with Crippen LogP contribution >= 0.6 is 0 Å². The fraction of sp³-hybridized carbons (Fsp3) is 0.692. The van der Waals surface area contributed by atoms with Crippen molar-refractivity contribution in [1.82, 2.24) is 9.80 Å². The Kier molecular flexibility index (Phi) is 6.15. The number of para-hydroxylation sites is 1. The second-order valence-electron chi connectivity index (χ2n) is 10.0. The Labute approximate surface area is 191 Å². The zero-order valence-corrected chi connectivity index (χ0v) is 19.4. The Hall–Kier alpha value is -2.08. The zero-order chi connectivity index (χ0) is 22.1. The van der Waals surface area contributed by atoms with Crippen LogP contribution < -0.4 is 4.90 Å². The largest absolute Gasteiger partial charge is 0.450 e. The lowest BCUT2D eigenvalue weighted by molar-refractivity contribution is -0.125. The molecule has 2 saturated heterocycles. The van der Waals surface area contributed by atoms with Crippen LogP contribution in [0.5, 0.6) is 0 Å². The summed E-state index contributed by atoms with van der Waals surface area (Å²) in [6.07, 6.45) is 9.53. The molecule has 3 heterocycles. The van der Waals surface area contributed by atoms with E-state index in [0.717, 1.165) is 77.5 Å². The third kappa shape index (κ3) is 3.70. The molecule has 0 unspecified atom stereocenters. The molecule has 0 radical (unpaired) electrons. The fourth-order valence-corrected chi connectivity index (χ4v) is 6.68. The monoisotopic (exact) mass is 439 g/mol. The number of fused-ring (bicyclic) bond motifs is 2. The van der Waals surface area contributed by atoms with E-state index in [1.54, 1.807) is 0 Å². The standard InChI is InChI=1S/C26H37N3O3/c1-2-32-25(31)28-18-10-20(11-19-28)27-16-12-21(13-17-27)29-23-9-5-4-8-22(23)26(24(29)30)14-6-3-7-15-26/h4-5,8-9,20-21H,2-3,6-7,10-19H2,1H3. The second kappa shape index (κ2) is 9.05. The van der Waals surface area contributed by atoms with Crippen LogP contribution in [0, 0.1) is 0 Å². The second-order valence-corrected chi connectivity index (χ2v) is 10.0. The van der Waals surface area contributed by atoms with Gasteiger partial charge in [-0.2, -0.15) is 0 Å². The molecule has 1 saturated carbocycles. The number of likely N-dealkylation sites (tertiary alicyclic amines) is 2. The Morgan fingerprint density at radius 2 is 1.62 bits per heavy atom.